The van der Waals surface area contributed by atoms with Crippen LogP contribution in [0.25, 0.3) is 0 Å². The number of rotatable bonds is 5. The molecule has 1 aromatic rings. The lowest BCUT2D eigenvalue weighted by Gasteiger charge is -2.20. The van der Waals surface area contributed by atoms with E-state index in [9.17, 15) is 10.1 Å². The maximum absolute atomic E-state index is 10.7. The zero-order valence-electron chi connectivity index (χ0n) is 11.2. The van der Waals surface area contributed by atoms with Crippen LogP contribution in [0.4, 0.5) is 11.4 Å². The van der Waals surface area contributed by atoms with Gasteiger partial charge < -0.3 is 19.5 Å². The Morgan fingerprint density at radius 1 is 1.50 bits per heavy atom. The number of anilines is 1. The SMILES string of the molecule is COC(CN=C1Nc2ccc([N+](=O)[O-])cc2CO1)OC. The zero-order valence-corrected chi connectivity index (χ0v) is 11.2. The molecule has 1 aromatic carbocycles. The number of aliphatic imine (C=N–C) groups is 1. The number of nitrogens with one attached hydrogen (secondary N) is 1. The fraction of sp³-hybridized carbons (Fsp3) is 0.417. The highest BCUT2D eigenvalue weighted by molar-refractivity contribution is 5.91. The van der Waals surface area contributed by atoms with Crippen LogP contribution < -0.4 is 5.32 Å². The van der Waals surface area contributed by atoms with E-state index >= 15 is 0 Å². The maximum Gasteiger partial charge on any atom is 0.289 e. The summed E-state index contributed by atoms with van der Waals surface area (Å²) in [6.45, 7) is 0.519. The molecule has 20 heavy (non-hydrogen) atoms. The third kappa shape index (κ3) is 3.22. The fourth-order valence-corrected chi connectivity index (χ4v) is 1.72. The largest absolute Gasteiger partial charge is 0.460 e. The summed E-state index contributed by atoms with van der Waals surface area (Å²) in [6.07, 6.45) is -0.439. The van der Waals surface area contributed by atoms with Gasteiger partial charge in [0.1, 0.15) is 6.61 Å². The lowest BCUT2D eigenvalue weighted by molar-refractivity contribution is -0.384. The van der Waals surface area contributed by atoms with Crippen molar-refractivity contribution in [1.82, 2.24) is 0 Å². The van der Waals surface area contributed by atoms with Gasteiger partial charge in [0.15, 0.2) is 6.29 Å². The number of hydrogen-bond acceptors (Lipinski definition) is 6. The first-order valence-corrected chi connectivity index (χ1v) is 5.91. The average Bonchev–Trinajstić information content (AvgIpc) is 2.47. The molecule has 0 spiro atoms. The molecular weight excluding hydrogens is 266 g/mol. The molecule has 1 aliphatic rings. The number of hydrogen-bond donors (Lipinski definition) is 1. The Morgan fingerprint density at radius 3 is 2.90 bits per heavy atom. The van der Waals surface area contributed by atoms with E-state index in [0.717, 1.165) is 5.69 Å². The van der Waals surface area contributed by atoms with Gasteiger partial charge in [0.25, 0.3) is 11.7 Å². The van der Waals surface area contributed by atoms with Gasteiger partial charge in [-0.05, 0) is 6.07 Å². The van der Waals surface area contributed by atoms with Crippen molar-refractivity contribution in [2.45, 2.75) is 12.9 Å². The molecular formula is C12H15N3O5. The van der Waals surface area contributed by atoms with Crippen LogP contribution in [-0.2, 0) is 20.8 Å². The Kier molecular flexibility index (Phi) is 4.49. The predicted octanol–water partition coefficient (Wildman–Crippen LogP) is 1.51. The third-order valence-electron chi connectivity index (χ3n) is 2.82. The molecule has 8 nitrogen and oxygen atoms in total. The lowest BCUT2D eigenvalue weighted by atomic mass is 10.1. The zero-order chi connectivity index (χ0) is 14.5. The molecule has 0 unspecified atom stereocenters. The first kappa shape index (κ1) is 14.2. The first-order chi connectivity index (χ1) is 9.63. The second kappa shape index (κ2) is 6.31. The molecule has 0 aromatic heterocycles. The second-order valence-electron chi connectivity index (χ2n) is 4.06. The number of nitro groups is 1. The Balaban J connectivity index is 2.07. The van der Waals surface area contributed by atoms with Crippen molar-refractivity contribution < 1.29 is 19.1 Å². The number of fused-ring (bicyclic) bond motifs is 1. The van der Waals surface area contributed by atoms with Crippen LogP contribution >= 0.6 is 0 Å². The number of nitro benzene ring substituents is 1. The van der Waals surface area contributed by atoms with Gasteiger partial charge >= 0.3 is 0 Å². The lowest BCUT2D eigenvalue weighted by Crippen LogP contribution is -2.25. The molecule has 0 saturated heterocycles. The molecule has 2 rings (SSSR count). The molecule has 8 heteroatoms. The minimum absolute atomic E-state index is 0.0355. The molecule has 0 fully saturated rings. The van der Waals surface area contributed by atoms with E-state index in [4.69, 9.17) is 14.2 Å². The smallest absolute Gasteiger partial charge is 0.289 e. The van der Waals surface area contributed by atoms with Crippen molar-refractivity contribution >= 4 is 17.4 Å². The number of amidine groups is 1. The topological polar surface area (TPSA) is 95.2 Å². The molecule has 0 amide bonds. The van der Waals surface area contributed by atoms with E-state index in [1.807, 2.05) is 0 Å². The van der Waals surface area contributed by atoms with E-state index in [0.29, 0.717) is 11.6 Å². The highest BCUT2D eigenvalue weighted by Gasteiger charge is 2.18. The third-order valence-corrected chi connectivity index (χ3v) is 2.82. The van der Waals surface area contributed by atoms with E-state index in [2.05, 4.69) is 10.3 Å². The summed E-state index contributed by atoms with van der Waals surface area (Å²) in [5.41, 5.74) is 1.49. The maximum atomic E-state index is 10.7. The van der Waals surface area contributed by atoms with Crippen molar-refractivity contribution in [2.24, 2.45) is 4.99 Å². The number of methoxy groups -OCH3 is 2. The van der Waals surface area contributed by atoms with Crippen LogP contribution in [0.15, 0.2) is 23.2 Å². The highest BCUT2D eigenvalue weighted by atomic mass is 16.7. The van der Waals surface area contributed by atoms with Crippen LogP contribution in [0.2, 0.25) is 0 Å². The Morgan fingerprint density at radius 2 is 2.25 bits per heavy atom. The molecule has 0 radical (unpaired) electrons. The normalized spacial score (nSPS) is 15.7. The standard InChI is InChI=1S/C12H15N3O5/c1-18-11(19-2)6-13-12-14-10-4-3-9(15(16)17)5-8(10)7-20-12/h3-5,11H,6-7H2,1-2H3,(H,13,14). The monoisotopic (exact) mass is 281 g/mol. The van der Waals surface area contributed by atoms with E-state index in [-0.39, 0.29) is 18.8 Å². The van der Waals surface area contributed by atoms with Crippen molar-refractivity contribution in [1.29, 1.82) is 0 Å². The summed E-state index contributed by atoms with van der Waals surface area (Å²) in [5, 5.41) is 13.6. The Hall–Kier alpha value is -2.19. The average molecular weight is 281 g/mol. The van der Waals surface area contributed by atoms with Gasteiger partial charge in [-0.15, -0.1) is 0 Å². The Bertz CT molecular complexity index is 528. The van der Waals surface area contributed by atoms with Crippen molar-refractivity contribution in [3.8, 4) is 0 Å². The van der Waals surface area contributed by atoms with Crippen LogP contribution in [0, 0.1) is 10.1 Å². The minimum atomic E-state index is -0.439. The summed E-state index contributed by atoms with van der Waals surface area (Å²) >= 11 is 0. The molecule has 1 heterocycles. The quantitative estimate of drug-likeness (QED) is 0.499. The van der Waals surface area contributed by atoms with Gasteiger partial charge in [0, 0.05) is 37.6 Å². The van der Waals surface area contributed by atoms with Gasteiger partial charge in [0.05, 0.1) is 11.5 Å². The molecule has 108 valence electrons. The highest BCUT2D eigenvalue weighted by Crippen LogP contribution is 2.25. The fourth-order valence-electron chi connectivity index (χ4n) is 1.72. The van der Waals surface area contributed by atoms with E-state index in [1.165, 1.54) is 26.4 Å². The summed E-state index contributed by atoms with van der Waals surface area (Å²) < 4.78 is 15.4. The van der Waals surface area contributed by atoms with Crippen LogP contribution in [-0.4, -0.2) is 38.0 Å². The second-order valence-corrected chi connectivity index (χ2v) is 4.06. The van der Waals surface area contributed by atoms with Gasteiger partial charge in [-0.1, -0.05) is 0 Å². The predicted molar refractivity (Wildman–Crippen MR) is 71.6 cm³/mol. The summed E-state index contributed by atoms with van der Waals surface area (Å²) in [7, 11) is 3.05. The van der Waals surface area contributed by atoms with Crippen LogP contribution in [0.1, 0.15) is 5.56 Å². The van der Waals surface area contributed by atoms with E-state index in [1.54, 1.807) is 6.07 Å². The van der Waals surface area contributed by atoms with Gasteiger partial charge in [-0.3, -0.25) is 10.1 Å². The van der Waals surface area contributed by atoms with Gasteiger partial charge in [-0.25, -0.2) is 4.99 Å². The number of benzene rings is 1. The first-order valence-electron chi connectivity index (χ1n) is 5.91. The van der Waals surface area contributed by atoms with Crippen LogP contribution in [0.5, 0.6) is 0 Å². The van der Waals surface area contributed by atoms with Gasteiger partial charge in [-0.2, -0.15) is 0 Å². The molecule has 0 bridgehead atoms. The molecule has 0 atom stereocenters. The Labute approximate surface area is 115 Å². The number of non-ortho nitro benzene ring substituents is 1. The summed E-state index contributed by atoms with van der Waals surface area (Å²) in [6, 6.07) is 4.88. The molecule has 0 saturated carbocycles. The number of nitrogens with zero attached hydrogens (tertiary/aromatic N) is 2. The van der Waals surface area contributed by atoms with Gasteiger partial charge in [0.2, 0.25) is 0 Å². The summed E-state index contributed by atoms with van der Waals surface area (Å²) in [5.74, 6) is 0. The van der Waals surface area contributed by atoms with Crippen molar-refractivity contribution in [2.75, 3.05) is 26.1 Å². The van der Waals surface area contributed by atoms with Crippen LogP contribution in [0.3, 0.4) is 0 Å². The molecule has 0 aliphatic carbocycles. The molecule has 1 N–H and O–H groups in total. The van der Waals surface area contributed by atoms with Crippen molar-refractivity contribution in [3.63, 3.8) is 0 Å². The number of ether oxygens (including phenoxy) is 3. The van der Waals surface area contributed by atoms with E-state index < -0.39 is 11.2 Å². The van der Waals surface area contributed by atoms with Crippen molar-refractivity contribution in [3.05, 3.63) is 33.9 Å². The molecule has 1 aliphatic heterocycles. The minimum Gasteiger partial charge on any atom is -0.460 e. The summed E-state index contributed by atoms with van der Waals surface area (Å²) in [4.78, 5) is 14.4.